The second-order valence-corrected chi connectivity index (χ2v) is 5.38. The van der Waals surface area contributed by atoms with Gasteiger partial charge in [0.2, 0.25) is 5.91 Å². The van der Waals surface area contributed by atoms with Crippen LogP contribution < -0.4 is 0 Å². The fourth-order valence-corrected chi connectivity index (χ4v) is 2.53. The Morgan fingerprint density at radius 2 is 2.09 bits per heavy atom. The molecule has 0 radical (unpaired) electrons. The molecule has 1 amide bonds. The number of nitrogens with zero attached hydrogens (tertiary/aromatic N) is 1. The van der Waals surface area contributed by atoms with E-state index < -0.39 is 0 Å². The van der Waals surface area contributed by atoms with Gasteiger partial charge in [0, 0.05) is 13.2 Å². The first kappa shape index (κ1) is 16.5. The molecule has 0 N–H and O–H groups in total. The third-order valence-electron chi connectivity index (χ3n) is 3.62. The van der Waals surface area contributed by atoms with Gasteiger partial charge in [-0.2, -0.15) is 0 Å². The maximum Gasteiger partial charge on any atom is 0.325 e. The number of carbonyl (C=O) groups is 2. The number of benzene rings is 1. The molecular weight excluding hydrogens is 282 g/mol. The molecule has 1 aliphatic rings. The summed E-state index contributed by atoms with van der Waals surface area (Å²) in [6.45, 7) is 3.18. The van der Waals surface area contributed by atoms with E-state index in [0.717, 1.165) is 18.4 Å². The van der Waals surface area contributed by atoms with Crippen LogP contribution in [0.5, 0.6) is 0 Å². The van der Waals surface area contributed by atoms with Crippen molar-refractivity contribution in [2.75, 3.05) is 19.8 Å². The molecule has 0 unspecified atom stereocenters. The van der Waals surface area contributed by atoms with Crippen LogP contribution in [-0.2, 0) is 25.6 Å². The van der Waals surface area contributed by atoms with Crippen LogP contribution in [0.4, 0.5) is 0 Å². The van der Waals surface area contributed by atoms with E-state index in [4.69, 9.17) is 9.47 Å². The lowest BCUT2D eigenvalue weighted by Crippen LogP contribution is -2.37. The molecule has 1 fully saturated rings. The normalized spacial score (nSPS) is 17.2. The lowest BCUT2D eigenvalue weighted by Gasteiger charge is -2.23. The Labute approximate surface area is 131 Å². The van der Waals surface area contributed by atoms with Crippen molar-refractivity contribution in [2.45, 2.75) is 38.8 Å². The first-order valence-electron chi connectivity index (χ1n) is 7.78. The Morgan fingerprint density at radius 3 is 2.73 bits per heavy atom. The molecule has 1 heterocycles. The number of hydrogen-bond acceptors (Lipinski definition) is 4. The third-order valence-corrected chi connectivity index (χ3v) is 3.62. The summed E-state index contributed by atoms with van der Waals surface area (Å²) in [6, 6.07) is 9.65. The molecule has 22 heavy (non-hydrogen) atoms. The molecule has 5 heteroatoms. The van der Waals surface area contributed by atoms with Crippen LogP contribution in [0.3, 0.4) is 0 Å². The monoisotopic (exact) mass is 305 g/mol. The average Bonchev–Trinajstić information content (AvgIpc) is 3.01. The van der Waals surface area contributed by atoms with E-state index in [1.807, 2.05) is 30.3 Å². The largest absolute Gasteiger partial charge is 0.465 e. The molecule has 1 aliphatic heterocycles. The van der Waals surface area contributed by atoms with Gasteiger partial charge in [-0.25, -0.2) is 0 Å². The average molecular weight is 305 g/mol. The SMILES string of the molecule is CCOC(=O)CN(Cc1ccccc1)C(=O)C[C@H]1CCCO1. The zero-order chi connectivity index (χ0) is 15.8. The third kappa shape index (κ3) is 5.15. The molecule has 1 saturated heterocycles. The number of rotatable bonds is 7. The molecule has 2 rings (SSSR count). The number of ether oxygens (including phenoxy) is 2. The Morgan fingerprint density at radius 1 is 1.32 bits per heavy atom. The highest BCUT2D eigenvalue weighted by atomic mass is 16.5. The first-order chi connectivity index (χ1) is 10.7. The van der Waals surface area contributed by atoms with Crippen LogP contribution in [0.25, 0.3) is 0 Å². The second kappa shape index (κ2) is 8.54. The second-order valence-electron chi connectivity index (χ2n) is 5.38. The quantitative estimate of drug-likeness (QED) is 0.724. The standard InChI is InChI=1S/C17H23NO4/c1-2-21-17(20)13-18(12-14-7-4-3-5-8-14)16(19)11-15-9-6-10-22-15/h3-5,7-8,15H,2,6,9-13H2,1H3/t15-/m1/s1. The van der Waals surface area contributed by atoms with Gasteiger partial charge in [0.05, 0.1) is 19.1 Å². The molecule has 0 aromatic heterocycles. The van der Waals surface area contributed by atoms with Gasteiger partial charge in [-0.3, -0.25) is 9.59 Å². The van der Waals surface area contributed by atoms with Gasteiger partial charge >= 0.3 is 5.97 Å². The topological polar surface area (TPSA) is 55.8 Å². The van der Waals surface area contributed by atoms with Gasteiger partial charge in [-0.15, -0.1) is 0 Å². The van der Waals surface area contributed by atoms with Gasteiger partial charge < -0.3 is 14.4 Å². The number of amides is 1. The van der Waals surface area contributed by atoms with Gasteiger partial charge in [-0.1, -0.05) is 30.3 Å². The smallest absolute Gasteiger partial charge is 0.325 e. The zero-order valence-corrected chi connectivity index (χ0v) is 13.0. The van der Waals surface area contributed by atoms with Crippen molar-refractivity contribution in [3.05, 3.63) is 35.9 Å². The fourth-order valence-electron chi connectivity index (χ4n) is 2.53. The molecule has 0 spiro atoms. The van der Waals surface area contributed by atoms with Crippen molar-refractivity contribution < 1.29 is 19.1 Å². The molecule has 1 aromatic carbocycles. The van der Waals surface area contributed by atoms with E-state index in [2.05, 4.69) is 0 Å². The van der Waals surface area contributed by atoms with Crippen molar-refractivity contribution in [1.82, 2.24) is 4.90 Å². The molecule has 1 atom stereocenters. The van der Waals surface area contributed by atoms with Crippen LogP contribution in [0.1, 0.15) is 31.7 Å². The van der Waals surface area contributed by atoms with Crippen molar-refractivity contribution >= 4 is 11.9 Å². The van der Waals surface area contributed by atoms with Gasteiger partial charge in [0.15, 0.2) is 0 Å². The Bertz CT molecular complexity index is 483. The van der Waals surface area contributed by atoms with Crippen LogP contribution in [0.2, 0.25) is 0 Å². The summed E-state index contributed by atoms with van der Waals surface area (Å²) in [5, 5.41) is 0. The number of carbonyl (C=O) groups excluding carboxylic acids is 2. The molecule has 0 saturated carbocycles. The van der Waals surface area contributed by atoms with Gasteiger partial charge in [-0.05, 0) is 25.3 Å². The van der Waals surface area contributed by atoms with Gasteiger partial charge in [0.25, 0.3) is 0 Å². The molecule has 0 bridgehead atoms. The summed E-state index contributed by atoms with van der Waals surface area (Å²) >= 11 is 0. The van der Waals surface area contributed by atoms with Crippen LogP contribution in [0.15, 0.2) is 30.3 Å². The van der Waals surface area contributed by atoms with E-state index in [9.17, 15) is 9.59 Å². The highest BCUT2D eigenvalue weighted by Gasteiger charge is 2.24. The maximum absolute atomic E-state index is 12.5. The maximum atomic E-state index is 12.5. The number of hydrogen-bond donors (Lipinski definition) is 0. The highest BCUT2D eigenvalue weighted by molar-refractivity contribution is 5.82. The minimum absolute atomic E-state index is 0.0196. The summed E-state index contributed by atoms with van der Waals surface area (Å²) in [5.74, 6) is -0.442. The van der Waals surface area contributed by atoms with E-state index in [1.54, 1.807) is 11.8 Å². The Hall–Kier alpha value is -1.88. The van der Waals surface area contributed by atoms with E-state index in [1.165, 1.54) is 0 Å². The van der Waals surface area contributed by atoms with Crippen molar-refractivity contribution in [3.8, 4) is 0 Å². The van der Waals surface area contributed by atoms with E-state index in [-0.39, 0.29) is 24.5 Å². The Balaban J connectivity index is 1.99. The van der Waals surface area contributed by atoms with Crippen molar-refractivity contribution in [2.24, 2.45) is 0 Å². The predicted octanol–water partition coefficient (Wildman–Crippen LogP) is 2.15. The minimum Gasteiger partial charge on any atom is -0.465 e. The fraction of sp³-hybridized carbons (Fsp3) is 0.529. The van der Waals surface area contributed by atoms with Crippen LogP contribution >= 0.6 is 0 Å². The number of esters is 1. The minimum atomic E-state index is -0.376. The van der Waals surface area contributed by atoms with E-state index >= 15 is 0 Å². The lowest BCUT2D eigenvalue weighted by molar-refractivity contribution is -0.150. The van der Waals surface area contributed by atoms with Crippen molar-refractivity contribution in [3.63, 3.8) is 0 Å². The molecule has 5 nitrogen and oxygen atoms in total. The molecule has 1 aromatic rings. The molecule has 120 valence electrons. The van der Waals surface area contributed by atoms with Crippen LogP contribution in [-0.4, -0.2) is 42.6 Å². The molecular formula is C17H23NO4. The van der Waals surface area contributed by atoms with Gasteiger partial charge in [0.1, 0.15) is 6.54 Å². The lowest BCUT2D eigenvalue weighted by atomic mass is 10.1. The predicted molar refractivity (Wildman–Crippen MR) is 82.1 cm³/mol. The zero-order valence-electron chi connectivity index (χ0n) is 13.0. The summed E-state index contributed by atoms with van der Waals surface area (Å²) in [7, 11) is 0. The summed E-state index contributed by atoms with van der Waals surface area (Å²) in [6.07, 6.45) is 2.21. The van der Waals surface area contributed by atoms with E-state index in [0.29, 0.717) is 26.2 Å². The highest BCUT2D eigenvalue weighted by Crippen LogP contribution is 2.17. The summed E-state index contributed by atoms with van der Waals surface area (Å²) in [4.78, 5) is 25.8. The first-order valence-corrected chi connectivity index (χ1v) is 7.78. The molecule has 0 aliphatic carbocycles. The van der Waals surface area contributed by atoms with Crippen LogP contribution in [0, 0.1) is 0 Å². The van der Waals surface area contributed by atoms with Crippen molar-refractivity contribution in [1.29, 1.82) is 0 Å². The Kier molecular flexibility index (Phi) is 6.40. The summed E-state index contributed by atoms with van der Waals surface area (Å²) in [5.41, 5.74) is 0.993. The summed E-state index contributed by atoms with van der Waals surface area (Å²) < 4.78 is 10.5.